The van der Waals surface area contributed by atoms with Crippen LogP contribution in [0.2, 0.25) is 0 Å². The predicted molar refractivity (Wildman–Crippen MR) is 75.6 cm³/mol. The first-order chi connectivity index (χ1) is 9.19. The van der Waals surface area contributed by atoms with Crippen molar-refractivity contribution < 1.29 is 0 Å². The standard InChI is InChI=1S/C16H18N2O/c1-3-14-10(2)17-15(18-16(14)19)13-8-11-6-4-5-7-12(11)9-13/h4-7,13H,3,8-9H2,1-2H3,(H,17,18,19). The van der Waals surface area contributed by atoms with Gasteiger partial charge in [0.05, 0.1) is 0 Å². The molecule has 1 aromatic heterocycles. The molecule has 0 amide bonds. The molecule has 0 aliphatic heterocycles. The fourth-order valence-corrected chi connectivity index (χ4v) is 2.99. The van der Waals surface area contributed by atoms with Gasteiger partial charge in [0.2, 0.25) is 0 Å². The van der Waals surface area contributed by atoms with E-state index in [9.17, 15) is 4.79 Å². The van der Waals surface area contributed by atoms with Gasteiger partial charge in [0.25, 0.3) is 5.56 Å². The van der Waals surface area contributed by atoms with Gasteiger partial charge in [-0.2, -0.15) is 0 Å². The van der Waals surface area contributed by atoms with Crippen molar-refractivity contribution >= 4 is 0 Å². The molecule has 3 heteroatoms. The maximum Gasteiger partial charge on any atom is 0.254 e. The second-order valence-electron chi connectivity index (χ2n) is 5.24. The molecular weight excluding hydrogens is 236 g/mol. The Balaban J connectivity index is 1.96. The Labute approximate surface area is 112 Å². The molecule has 1 aliphatic carbocycles. The van der Waals surface area contributed by atoms with Crippen molar-refractivity contribution in [1.29, 1.82) is 0 Å². The van der Waals surface area contributed by atoms with Crippen molar-refractivity contribution in [2.45, 2.75) is 39.0 Å². The van der Waals surface area contributed by atoms with Crippen molar-refractivity contribution in [2.75, 3.05) is 0 Å². The maximum absolute atomic E-state index is 12.0. The highest BCUT2D eigenvalue weighted by atomic mass is 16.1. The van der Waals surface area contributed by atoms with Crippen LogP contribution in [0.1, 0.15) is 41.1 Å². The number of nitrogens with one attached hydrogen (secondary N) is 1. The molecule has 0 saturated carbocycles. The van der Waals surface area contributed by atoms with Crippen LogP contribution in [0.5, 0.6) is 0 Å². The summed E-state index contributed by atoms with van der Waals surface area (Å²) in [6.45, 7) is 3.92. The summed E-state index contributed by atoms with van der Waals surface area (Å²) < 4.78 is 0. The molecule has 19 heavy (non-hydrogen) atoms. The number of nitrogens with zero attached hydrogens (tertiary/aromatic N) is 1. The summed E-state index contributed by atoms with van der Waals surface area (Å²) in [6, 6.07) is 8.48. The molecule has 3 rings (SSSR count). The van der Waals surface area contributed by atoms with E-state index in [0.29, 0.717) is 5.92 Å². The van der Waals surface area contributed by atoms with Crippen molar-refractivity contribution in [2.24, 2.45) is 0 Å². The van der Waals surface area contributed by atoms with Crippen LogP contribution >= 0.6 is 0 Å². The lowest BCUT2D eigenvalue weighted by Gasteiger charge is -2.10. The third-order valence-electron chi connectivity index (χ3n) is 4.03. The monoisotopic (exact) mass is 254 g/mol. The molecule has 1 heterocycles. The third kappa shape index (κ3) is 2.09. The zero-order valence-electron chi connectivity index (χ0n) is 11.4. The van der Waals surface area contributed by atoms with Gasteiger partial charge in [-0.15, -0.1) is 0 Å². The summed E-state index contributed by atoms with van der Waals surface area (Å²) in [5, 5.41) is 0. The van der Waals surface area contributed by atoms with Crippen LogP contribution in [0.15, 0.2) is 29.1 Å². The summed E-state index contributed by atoms with van der Waals surface area (Å²) in [6.07, 6.45) is 2.69. The van der Waals surface area contributed by atoms with E-state index in [1.54, 1.807) is 0 Å². The number of H-pyrrole nitrogens is 1. The number of hydrogen-bond donors (Lipinski definition) is 1. The van der Waals surface area contributed by atoms with Gasteiger partial charge in [-0.25, -0.2) is 4.98 Å². The average Bonchev–Trinajstić information content (AvgIpc) is 2.82. The van der Waals surface area contributed by atoms with Gasteiger partial charge in [0.15, 0.2) is 0 Å². The average molecular weight is 254 g/mol. The quantitative estimate of drug-likeness (QED) is 0.895. The Morgan fingerprint density at radius 1 is 1.26 bits per heavy atom. The number of aromatic amines is 1. The summed E-state index contributed by atoms with van der Waals surface area (Å²) in [4.78, 5) is 19.6. The van der Waals surface area contributed by atoms with Gasteiger partial charge in [0.1, 0.15) is 5.82 Å². The first-order valence-electron chi connectivity index (χ1n) is 6.85. The van der Waals surface area contributed by atoms with Gasteiger partial charge in [0, 0.05) is 17.2 Å². The normalized spacial score (nSPS) is 14.6. The van der Waals surface area contributed by atoms with E-state index in [1.807, 2.05) is 13.8 Å². The van der Waals surface area contributed by atoms with Crippen molar-refractivity contribution in [3.8, 4) is 0 Å². The van der Waals surface area contributed by atoms with Crippen LogP contribution in [0.3, 0.4) is 0 Å². The van der Waals surface area contributed by atoms with Gasteiger partial charge >= 0.3 is 0 Å². The summed E-state index contributed by atoms with van der Waals surface area (Å²) in [7, 11) is 0. The minimum absolute atomic E-state index is 0.0287. The van der Waals surface area contributed by atoms with Gasteiger partial charge in [-0.1, -0.05) is 31.2 Å². The summed E-state index contributed by atoms with van der Waals surface area (Å²) in [5.74, 6) is 1.16. The Morgan fingerprint density at radius 2 is 1.89 bits per heavy atom. The highest BCUT2D eigenvalue weighted by Gasteiger charge is 2.24. The Hall–Kier alpha value is -1.90. The number of benzene rings is 1. The lowest BCUT2D eigenvalue weighted by Crippen LogP contribution is -2.20. The van der Waals surface area contributed by atoms with E-state index in [1.165, 1.54) is 11.1 Å². The number of hydrogen-bond acceptors (Lipinski definition) is 2. The van der Waals surface area contributed by atoms with E-state index >= 15 is 0 Å². The Bertz CT molecular complexity index is 648. The van der Waals surface area contributed by atoms with Gasteiger partial charge < -0.3 is 4.98 Å². The lowest BCUT2D eigenvalue weighted by molar-refractivity contribution is 0.668. The van der Waals surface area contributed by atoms with Crippen LogP contribution < -0.4 is 5.56 Å². The largest absolute Gasteiger partial charge is 0.310 e. The molecule has 0 saturated heterocycles. The number of fused-ring (bicyclic) bond motifs is 1. The fourth-order valence-electron chi connectivity index (χ4n) is 2.99. The molecule has 0 spiro atoms. The second kappa shape index (κ2) is 4.65. The van der Waals surface area contributed by atoms with E-state index in [2.05, 4.69) is 34.2 Å². The number of rotatable bonds is 2. The third-order valence-corrected chi connectivity index (χ3v) is 4.03. The molecule has 2 aromatic rings. The highest BCUT2D eigenvalue weighted by molar-refractivity contribution is 5.35. The maximum atomic E-state index is 12.0. The summed E-state index contributed by atoms with van der Waals surface area (Å²) >= 11 is 0. The zero-order valence-corrected chi connectivity index (χ0v) is 11.4. The van der Waals surface area contributed by atoms with E-state index in [0.717, 1.165) is 36.3 Å². The fraction of sp³-hybridized carbons (Fsp3) is 0.375. The molecule has 1 aromatic carbocycles. The molecule has 1 aliphatic rings. The van der Waals surface area contributed by atoms with Crippen molar-refractivity contribution in [3.05, 3.63) is 62.8 Å². The minimum atomic E-state index is 0.0287. The molecule has 3 nitrogen and oxygen atoms in total. The topological polar surface area (TPSA) is 45.8 Å². The molecule has 1 N–H and O–H groups in total. The number of aryl methyl sites for hydroxylation is 1. The Kier molecular flexibility index (Phi) is 2.97. The highest BCUT2D eigenvalue weighted by Crippen LogP contribution is 2.31. The van der Waals surface area contributed by atoms with Gasteiger partial charge in [-0.05, 0) is 37.3 Å². The van der Waals surface area contributed by atoms with E-state index in [-0.39, 0.29) is 5.56 Å². The molecule has 0 radical (unpaired) electrons. The molecule has 0 unspecified atom stereocenters. The smallest absolute Gasteiger partial charge is 0.254 e. The van der Waals surface area contributed by atoms with Crippen LogP contribution in [-0.2, 0) is 19.3 Å². The number of aromatic nitrogens is 2. The predicted octanol–water partition coefficient (Wildman–Crippen LogP) is 2.52. The molecule has 98 valence electrons. The first kappa shape index (κ1) is 12.2. The van der Waals surface area contributed by atoms with Gasteiger partial charge in [-0.3, -0.25) is 4.79 Å². The van der Waals surface area contributed by atoms with E-state index in [4.69, 9.17) is 0 Å². The van der Waals surface area contributed by atoms with Crippen LogP contribution in [0.25, 0.3) is 0 Å². The second-order valence-corrected chi connectivity index (χ2v) is 5.24. The van der Waals surface area contributed by atoms with Crippen LogP contribution in [0, 0.1) is 6.92 Å². The van der Waals surface area contributed by atoms with Crippen molar-refractivity contribution in [3.63, 3.8) is 0 Å². The molecule has 0 atom stereocenters. The van der Waals surface area contributed by atoms with Crippen LogP contribution in [0.4, 0.5) is 0 Å². The molecule has 0 bridgehead atoms. The lowest BCUT2D eigenvalue weighted by atomic mass is 10.0. The van der Waals surface area contributed by atoms with E-state index < -0.39 is 0 Å². The minimum Gasteiger partial charge on any atom is -0.310 e. The molecule has 0 fully saturated rings. The first-order valence-corrected chi connectivity index (χ1v) is 6.85. The van der Waals surface area contributed by atoms with Crippen molar-refractivity contribution in [1.82, 2.24) is 9.97 Å². The SMILES string of the molecule is CCc1c(C)nc(C2Cc3ccccc3C2)[nH]c1=O. The molecular formula is C16H18N2O. The zero-order chi connectivity index (χ0) is 13.4. The van der Waals surface area contributed by atoms with Crippen LogP contribution in [-0.4, -0.2) is 9.97 Å². The summed E-state index contributed by atoms with van der Waals surface area (Å²) in [5.41, 5.74) is 4.47. The Morgan fingerprint density at radius 3 is 2.42 bits per heavy atom.